The molecule has 2 aliphatic rings. The van der Waals surface area contributed by atoms with Crippen molar-refractivity contribution >= 4 is 42.0 Å². The molecule has 0 spiro atoms. The lowest BCUT2D eigenvalue weighted by Crippen LogP contribution is -2.51. The molecule has 4 amide bonds. The number of nitriles is 2. The van der Waals surface area contributed by atoms with Gasteiger partial charge >= 0.3 is 29.5 Å². The number of anilines is 2. The van der Waals surface area contributed by atoms with Crippen molar-refractivity contribution in [3.8, 4) is 12.1 Å². The first-order valence-corrected chi connectivity index (χ1v) is 23.7. The SMILES string of the molecule is C=C(CCC)C1=C(C)N(c2cccc(C(F)(F)F)c2)C(=O)N(CCCCCCCCN2C(=O)N(c3cccc(C(F)(F)S)c3)C(C)=C(C(=O)OCC)C2c2ccc(C#N)cc2)C1c1ccc(C#N)cc1. The van der Waals surface area contributed by atoms with Crippen LogP contribution in [0.15, 0.2) is 132 Å². The van der Waals surface area contributed by atoms with Crippen molar-refractivity contribution in [2.45, 2.75) is 103 Å². The van der Waals surface area contributed by atoms with Crippen LogP contribution in [0.3, 0.4) is 0 Å². The number of halogens is 5. The zero-order chi connectivity index (χ0) is 50.9. The fourth-order valence-corrected chi connectivity index (χ4v) is 9.36. The largest absolute Gasteiger partial charge is 0.463 e. The van der Waals surface area contributed by atoms with E-state index in [2.05, 4.69) is 31.3 Å². The Morgan fingerprint density at radius 1 is 0.671 bits per heavy atom. The average Bonchev–Trinajstić information content (AvgIpc) is 3.33. The van der Waals surface area contributed by atoms with E-state index in [0.717, 1.165) is 47.8 Å². The molecule has 0 aliphatic carbocycles. The van der Waals surface area contributed by atoms with Gasteiger partial charge in [-0.3, -0.25) is 9.80 Å². The van der Waals surface area contributed by atoms with E-state index in [1.165, 1.54) is 45.0 Å². The Morgan fingerprint density at radius 2 is 1.10 bits per heavy atom. The second-order valence-electron chi connectivity index (χ2n) is 17.2. The number of nitrogens with zero attached hydrogens (tertiary/aromatic N) is 6. The number of hydrogen-bond donors (Lipinski definition) is 1. The standard InChI is InChI=1S/C54H55F5N6O4S/c1-6-16-35(3)46-36(4)64(44-19-14-17-42(31-44)53(55,56)57)51(67)62(48(46)40-25-21-38(33-60)22-26-40)29-12-10-8-9-11-13-30-63-49(41-27-23-39(34-61)24-28-41)47(50(66)69-7-2)37(5)65(52(63)68)45-20-15-18-43(32-45)54(58,59)70/h14-15,17-28,31-32,48-49,70H,3,6-13,16,29-30H2,1-2,4-5H3. The van der Waals surface area contributed by atoms with E-state index in [1.54, 1.807) is 74.2 Å². The van der Waals surface area contributed by atoms with Gasteiger partial charge in [0.15, 0.2) is 0 Å². The molecule has 4 aromatic carbocycles. The van der Waals surface area contributed by atoms with Crippen molar-refractivity contribution in [2.75, 3.05) is 29.5 Å². The Labute approximate surface area is 411 Å². The molecule has 0 saturated heterocycles. The van der Waals surface area contributed by atoms with E-state index >= 15 is 0 Å². The van der Waals surface area contributed by atoms with E-state index in [-0.39, 0.29) is 42.3 Å². The Kier molecular flexibility index (Phi) is 17.0. The Balaban J connectivity index is 1.22. The van der Waals surface area contributed by atoms with E-state index in [9.17, 15) is 46.9 Å². The second-order valence-corrected chi connectivity index (χ2v) is 17.8. The van der Waals surface area contributed by atoms with Gasteiger partial charge in [-0.25, -0.2) is 14.4 Å². The number of hydrogen-bond acceptors (Lipinski definition) is 7. The lowest BCUT2D eigenvalue weighted by molar-refractivity contribution is -0.139. The van der Waals surface area contributed by atoms with Gasteiger partial charge in [0, 0.05) is 35.6 Å². The summed E-state index contributed by atoms with van der Waals surface area (Å²) in [7, 11) is 0. The molecule has 10 nitrogen and oxygen atoms in total. The summed E-state index contributed by atoms with van der Waals surface area (Å²) in [6.45, 7) is 11.8. The van der Waals surface area contributed by atoms with Gasteiger partial charge < -0.3 is 14.5 Å². The number of carbonyl (C=O) groups excluding carboxylic acids is 3. The number of esters is 1. The van der Waals surface area contributed by atoms with Gasteiger partial charge in [-0.1, -0.05) is 88.1 Å². The third kappa shape index (κ3) is 11.6. The number of allylic oxidation sites excluding steroid dienone is 2. The van der Waals surface area contributed by atoms with E-state index < -0.39 is 52.7 Å². The van der Waals surface area contributed by atoms with Gasteiger partial charge in [0.2, 0.25) is 0 Å². The number of carbonyl (C=O) groups is 3. The molecule has 6 rings (SSSR count). The summed E-state index contributed by atoms with van der Waals surface area (Å²) in [5, 5.41) is 15.6. The maximum atomic E-state index is 14.7. The highest BCUT2D eigenvalue weighted by molar-refractivity contribution is 7.81. The van der Waals surface area contributed by atoms with Crippen LogP contribution in [0.25, 0.3) is 0 Å². The zero-order valence-electron chi connectivity index (χ0n) is 39.5. The molecule has 2 heterocycles. The van der Waals surface area contributed by atoms with Crippen molar-refractivity contribution in [3.05, 3.63) is 165 Å². The van der Waals surface area contributed by atoms with Gasteiger partial charge in [-0.05, 0) is 111 Å². The fourth-order valence-electron chi connectivity index (χ4n) is 9.22. The summed E-state index contributed by atoms with van der Waals surface area (Å²) < 4.78 is 76.3. The van der Waals surface area contributed by atoms with Crippen molar-refractivity contribution in [1.82, 2.24) is 9.80 Å². The molecule has 4 aromatic rings. The summed E-state index contributed by atoms with van der Waals surface area (Å²) >= 11 is 3.45. The summed E-state index contributed by atoms with van der Waals surface area (Å²) in [5.41, 5.74) is 3.22. The molecular weight excluding hydrogens is 924 g/mol. The van der Waals surface area contributed by atoms with Crippen LogP contribution in [0.5, 0.6) is 0 Å². The molecule has 0 saturated carbocycles. The van der Waals surface area contributed by atoms with Crippen LogP contribution >= 0.6 is 12.6 Å². The molecule has 0 radical (unpaired) electrons. The highest BCUT2D eigenvalue weighted by Crippen LogP contribution is 2.45. The number of unbranched alkanes of at least 4 members (excludes halogenated alkanes) is 5. The molecule has 2 aliphatic heterocycles. The van der Waals surface area contributed by atoms with E-state index in [1.807, 2.05) is 6.92 Å². The zero-order valence-corrected chi connectivity index (χ0v) is 40.4. The van der Waals surface area contributed by atoms with Crippen molar-refractivity contribution in [3.63, 3.8) is 0 Å². The lowest BCUT2D eigenvalue weighted by Gasteiger charge is -2.44. The predicted molar refractivity (Wildman–Crippen MR) is 262 cm³/mol. The van der Waals surface area contributed by atoms with Gasteiger partial charge in [-0.2, -0.15) is 32.5 Å². The van der Waals surface area contributed by atoms with Crippen LogP contribution < -0.4 is 9.80 Å². The molecule has 0 N–H and O–H groups in total. The maximum Gasteiger partial charge on any atom is 0.416 e. The molecule has 0 aromatic heterocycles. The number of amides is 4. The molecule has 366 valence electrons. The third-order valence-corrected chi connectivity index (χ3v) is 12.8. The van der Waals surface area contributed by atoms with Gasteiger partial charge in [0.1, 0.15) is 0 Å². The normalized spacial score (nSPS) is 16.7. The van der Waals surface area contributed by atoms with Crippen molar-refractivity contribution in [2.24, 2.45) is 0 Å². The quantitative estimate of drug-likeness (QED) is 0.0432. The number of benzene rings is 4. The summed E-state index contributed by atoms with van der Waals surface area (Å²) in [6, 6.07) is 25.0. The number of urea groups is 2. The summed E-state index contributed by atoms with van der Waals surface area (Å²) in [4.78, 5) is 49.0. The minimum Gasteiger partial charge on any atom is -0.463 e. The van der Waals surface area contributed by atoms with Crippen molar-refractivity contribution in [1.29, 1.82) is 10.5 Å². The molecule has 0 bridgehead atoms. The minimum absolute atomic E-state index is 0.0345. The first kappa shape index (κ1) is 52.5. The summed E-state index contributed by atoms with van der Waals surface area (Å²) in [6.07, 6.45) is 0.468. The molecule has 70 heavy (non-hydrogen) atoms. The number of ether oxygens (including phenoxy) is 1. The smallest absolute Gasteiger partial charge is 0.416 e. The molecule has 2 atom stereocenters. The van der Waals surface area contributed by atoms with Crippen LogP contribution in [0.1, 0.15) is 125 Å². The number of alkyl halides is 5. The highest BCUT2D eigenvalue weighted by atomic mass is 32.1. The monoisotopic (exact) mass is 978 g/mol. The second kappa shape index (κ2) is 22.7. The van der Waals surface area contributed by atoms with Crippen LogP contribution in [0, 0.1) is 22.7 Å². The predicted octanol–water partition coefficient (Wildman–Crippen LogP) is 13.9. The summed E-state index contributed by atoms with van der Waals surface area (Å²) in [5.74, 6) is -0.688. The van der Waals surface area contributed by atoms with Crippen LogP contribution in [0.2, 0.25) is 0 Å². The van der Waals surface area contributed by atoms with Gasteiger partial charge in [0.05, 0.1) is 64.5 Å². The highest BCUT2D eigenvalue weighted by Gasteiger charge is 2.44. The number of thiol groups is 1. The molecule has 0 fully saturated rings. The van der Waals surface area contributed by atoms with E-state index in [0.29, 0.717) is 60.9 Å². The van der Waals surface area contributed by atoms with Crippen molar-refractivity contribution < 1.29 is 41.1 Å². The van der Waals surface area contributed by atoms with Crippen LogP contribution in [-0.2, 0) is 21.0 Å². The van der Waals surface area contributed by atoms with Gasteiger partial charge in [0.25, 0.3) is 0 Å². The maximum absolute atomic E-state index is 14.7. The first-order valence-electron chi connectivity index (χ1n) is 23.2. The first-order chi connectivity index (χ1) is 33.4. The van der Waals surface area contributed by atoms with Crippen LogP contribution in [0.4, 0.5) is 42.9 Å². The Bertz CT molecular complexity index is 2550. The van der Waals surface area contributed by atoms with Gasteiger partial charge in [-0.15, -0.1) is 12.6 Å². The lowest BCUT2D eigenvalue weighted by atomic mass is 9.86. The van der Waals surface area contributed by atoms with E-state index in [4.69, 9.17) is 4.74 Å². The Hall–Kier alpha value is -6.91. The Morgan fingerprint density at radius 3 is 1.53 bits per heavy atom. The topological polar surface area (TPSA) is 121 Å². The molecular formula is C54H55F5N6O4S. The van der Waals surface area contributed by atoms with Crippen LogP contribution in [-0.4, -0.2) is 47.5 Å². The third-order valence-electron chi connectivity index (χ3n) is 12.6. The fraction of sp³-hybridized carbons (Fsp3) is 0.352. The molecule has 2 unspecified atom stereocenters. The molecule has 16 heteroatoms. The minimum atomic E-state index is -4.63. The average molecular weight is 979 g/mol. The number of rotatable bonds is 19.